The van der Waals surface area contributed by atoms with Gasteiger partial charge >= 0.3 is 5.97 Å². The number of carboxylic acids is 1. The van der Waals surface area contributed by atoms with Crippen molar-refractivity contribution in [2.24, 2.45) is 0 Å². The molecule has 0 saturated carbocycles. The van der Waals surface area contributed by atoms with Crippen molar-refractivity contribution in [1.82, 2.24) is 20.0 Å². The Morgan fingerprint density at radius 3 is 2.67 bits per heavy atom. The predicted molar refractivity (Wildman–Crippen MR) is 84.1 cm³/mol. The normalized spacial score (nSPS) is 10.4. The van der Waals surface area contributed by atoms with Gasteiger partial charge in [0.2, 0.25) is 5.91 Å². The molecule has 2 aromatic heterocycles. The number of nitrogens with zero attached hydrogens (tertiary/aromatic N) is 2. The quantitative estimate of drug-likeness (QED) is 0.646. The molecule has 0 aromatic carbocycles. The van der Waals surface area contributed by atoms with Crippen LogP contribution in [0.15, 0.2) is 18.3 Å². The molecule has 2 rings (SSSR count). The van der Waals surface area contributed by atoms with Gasteiger partial charge in [0.1, 0.15) is 12.2 Å². The molecule has 3 N–H and O–H groups in total. The van der Waals surface area contributed by atoms with Crippen LogP contribution in [0.25, 0.3) is 5.65 Å². The molecule has 0 saturated heterocycles. The molecule has 0 radical (unpaired) electrons. The lowest BCUT2D eigenvalue weighted by atomic mass is 10.2. The van der Waals surface area contributed by atoms with Gasteiger partial charge in [0.25, 0.3) is 5.91 Å². The molecule has 0 aliphatic carbocycles. The number of amides is 2. The van der Waals surface area contributed by atoms with Gasteiger partial charge in [-0.05, 0) is 18.6 Å². The largest absolute Gasteiger partial charge is 0.493 e. The standard InChI is InChI=1S/C15H18N4O5/c1-3-9-13(15(23)17-7-11(20)16-8-12(21)22)19-6-4-5-10(24-2)14(19)18-9/h4-6H,3,7-8H2,1-2H3,(H,16,20)(H,17,23)(H,21,22). The minimum Gasteiger partial charge on any atom is -0.493 e. The molecule has 2 aromatic rings. The Balaban J connectivity index is 2.20. The lowest BCUT2D eigenvalue weighted by Crippen LogP contribution is -2.39. The number of carbonyl (C=O) groups excluding carboxylic acids is 2. The smallest absolute Gasteiger partial charge is 0.322 e. The summed E-state index contributed by atoms with van der Waals surface area (Å²) in [5, 5.41) is 13.1. The van der Waals surface area contributed by atoms with Crippen molar-refractivity contribution in [1.29, 1.82) is 0 Å². The van der Waals surface area contributed by atoms with E-state index < -0.39 is 24.3 Å². The minimum atomic E-state index is -1.16. The van der Waals surface area contributed by atoms with Crippen LogP contribution in [-0.2, 0) is 16.0 Å². The summed E-state index contributed by atoms with van der Waals surface area (Å²) in [5.74, 6) is -1.68. The van der Waals surface area contributed by atoms with Crippen LogP contribution in [0.5, 0.6) is 5.75 Å². The number of rotatable bonds is 7. The highest BCUT2D eigenvalue weighted by Gasteiger charge is 2.20. The molecule has 0 fully saturated rings. The molecular weight excluding hydrogens is 316 g/mol. The van der Waals surface area contributed by atoms with Crippen molar-refractivity contribution in [2.75, 3.05) is 20.2 Å². The molecule has 0 aliphatic heterocycles. The number of aliphatic carboxylic acids is 1. The highest BCUT2D eigenvalue weighted by Crippen LogP contribution is 2.22. The average Bonchev–Trinajstić information content (AvgIpc) is 2.96. The third kappa shape index (κ3) is 3.62. The summed E-state index contributed by atoms with van der Waals surface area (Å²) < 4.78 is 6.84. The van der Waals surface area contributed by atoms with Gasteiger partial charge in [-0.1, -0.05) is 6.92 Å². The molecule has 2 heterocycles. The highest BCUT2D eigenvalue weighted by atomic mass is 16.5. The number of hydrogen-bond donors (Lipinski definition) is 3. The maximum Gasteiger partial charge on any atom is 0.322 e. The summed E-state index contributed by atoms with van der Waals surface area (Å²) in [4.78, 5) is 38.7. The minimum absolute atomic E-state index is 0.317. The number of imidazole rings is 1. The molecule has 0 atom stereocenters. The van der Waals surface area contributed by atoms with E-state index in [9.17, 15) is 14.4 Å². The summed E-state index contributed by atoms with van der Waals surface area (Å²) >= 11 is 0. The third-order valence-corrected chi connectivity index (χ3v) is 3.30. The van der Waals surface area contributed by atoms with Crippen LogP contribution < -0.4 is 15.4 Å². The molecular formula is C15H18N4O5. The number of carbonyl (C=O) groups is 3. The monoisotopic (exact) mass is 334 g/mol. The second-order valence-corrected chi connectivity index (χ2v) is 4.88. The highest BCUT2D eigenvalue weighted by molar-refractivity contribution is 5.97. The van der Waals surface area contributed by atoms with Crippen LogP contribution in [0, 0.1) is 0 Å². The molecule has 2 amide bonds. The van der Waals surface area contributed by atoms with Crippen molar-refractivity contribution in [2.45, 2.75) is 13.3 Å². The lowest BCUT2D eigenvalue weighted by Gasteiger charge is -2.07. The second-order valence-electron chi connectivity index (χ2n) is 4.88. The number of nitrogens with one attached hydrogen (secondary N) is 2. The van der Waals surface area contributed by atoms with Crippen molar-refractivity contribution in [3.63, 3.8) is 0 Å². The second kappa shape index (κ2) is 7.44. The van der Waals surface area contributed by atoms with Gasteiger partial charge < -0.3 is 20.5 Å². The molecule has 0 aliphatic rings. The Labute approximate surface area is 137 Å². The fourth-order valence-corrected chi connectivity index (χ4v) is 2.22. The summed E-state index contributed by atoms with van der Waals surface area (Å²) in [5.41, 5.74) is 1.40. The van der Waals surface area contributed by atoms with Crippen molar-refractivity contribution >= 4 is 23.4 Å². The van der Waals surface area contributed by atoms with E-state index in [2.05, 4.69) is 15.6 Å². The Hall–Kier alpha value is -3.10. The Kier molecular flexibility index (Phi) is 5.35. The van der Waals surface area contributed by atoms with Crippen molar-refractivity contribution < 1.29 is 24.2 Å². The zero-order valence-corrected chi connectivity index (χ0v) is 13.3. The van der Waals surface area contributed by atoms with E-state index in [0.717, 1.165) is 0 Å². The van der Waals surface area contributed by atoms with E-state index in [4.69, 9.17) is 9.84 Å². The van der Waals surface area contributed by atoms with Crippen LogP contribution in [0.3, 0.4) is 0 Å². The summed E-state index contributed by atoms with van der Waals surface area (Å²) in [6, 6.07) is 3.46. The van der Waals surface area contributed by atoms with Crippen molar-refractivity contribution in [3.05, 3.63) is 29.7 Å². The van der Waals surface area contributed by atoms with Crippen LogP contribution in [0.2, 0.25) is 0 Å². The van der Waals surface area contributed by atoms with E-state index in [1.807, 2.05) is 6.92 Å². The first-order valence-electron chi connectivity index (χ1n) is 7.28. The van der Waals surface area contributed by atoms with Crippen LogP contribution in [0.4, 0.5) is 0 Å². The van der Waals surface area contributed by atoms with Gasteiger partial charge in [-0.3, -0.25) is 18.8 Å². The van der Waals surface area contributed by atoms with E-state index in [1.165, 1.54) is 7.11 Å². The van der Waals surface area contributed by atoms with Gasteiger partial charge in [-0.15, -0.1) is 0 Å². The topological polar surface area (TPSA) is 122 Å². The van der Waals surface area contributed by atoms with E-state index in [0.29, 0.717) is 29.2 Å². The molecule has 128 valence electrons. The first-order chi connectivity index (χ1) is 11.5. The number of hydrogen-bond acceptors (Lipinski definition) is 5. The molecule has 24 heavy (non-hydrogen) atoms. The third-order valence-electron chi connectivity index (χ3n) is 3.30. The number of methoxy groups -OCH3 is 1. The van der Waals surface area contributed by atoms with E-state index in [1.54, 1.807) is 22.7 Å². The van der Waals surface area contributed by atoms with Gasteiger partial charge in [0.05, 0.1) is 19.3 Å². The number of ether oxygens (including phenoxy) is 1. The SMILES string of the molecule is CCc1nc2c(OC)cccn2c1C(=O)NCC(=O)NCC(=O)O. The lowest BCUT2D eigenvalue weighted by molar-refractivity contribution is -0.137. The molecule has 0 unspecified atom stereocenters. The van der Waals surface area contributed by atoms with E-state index in [-0.39, 0.29) is 6.54 Å². The van der Waals surface area contributed by atoms with E-state index >= 15 is 0 Å². The fraction of sp³-hybridized carbons (Fsp3) is 0.333. The number of aryl methyl sites for hydroxylation is 1. The van der Waals surface area contributed by atoms with Crippen molar-refractivity contribution in [3.8, 4) is 5.75 Å². The van der Waals surface area contributed by atoms with Gasteiger partial charge in [-0.2, -0.15) is 0 Å². The molecule has 9 heteroatoms. The molecule has 9 nitrogen and oxygen atoms in total. The molecule has 0 spiro atoms. The average molecular weight is 334 g/mol. The number of carboxylic acid groups (broad SMARTS) is 1. The Bertz CT molecular complexity index is 784. The first kappa shape index (κ1) is 17.3. The van der Waals surface area contributed by atoms with Crippen LogP contribution in [0.1, 0.15) is 23.1 Å². The number of aromatic nitrogens is 2. The van der Waals surface area contributed by atoms with Crippen LogP contribution >= 0.6 is 0 Å². The van der Waals surface area contributed by atoms with Gasteiger partial charge in [-0.25, -0.2) is 4.98 Å². The maximum atomic E-state index is 12.4. The fourth-order valence-electron chi connectivity index (χ4n) is 2.22. The molecule has 0 bridgehead atoms. The zero-order valence-electron chi connectivity index (χ0n) is 13.3. The Morgan fingerprint density at radius 1 is 1.29 bits per heavy atom. The summed E-state index contributed by atoms with van der Waals surface area (Å²) in [6.07, 6.45) is 2.21. The first-order valence-corrected chi connectivity index (χ1v) is 7.28. The summed E-state index contributed by atoms with van der Waals surface area (Å²) in [7, 11) is 1.52. The van der Waals surface area contributed by atoms with Crippen LogP contribution in [-0.4, -0.2) is 52.5 Å². The number of fused-ring (bicyclic) bond motifs is 1. The van der Waals surface area contributed by atoms with Gasteiger partial charge in [0.15, 0.2) is 11.4 Å². The van der Waals surface area contributed by atoms with Gasteiger partial charge in [0, 0.05) is 6.20 Å². The Morgan fingerprint density at radius 2 is 2.04 bits per heavy atom. The zero-order chi connectivity index (χ0) is 17.7. The number of pyridine rings is 1. The summed E-state index contributed by atoms with van der Waals surface area (Å²) in [6.45, 7) is 1.04. The maximum absolute atomic E-state index is 12.4. The predicted octanol–water partition coefficient (Wildman–Crippen LogP) is -0.164.